The number of unbranched alkanes of at least 4 members (excludes halogenated alkanes) is 1. The van der Waals surface area contributed by atoms with Crippen molar-refractivity contribution in [1.82, 2.24) is 0 Å². The van der Waals surface area contributed by atoms with Crippen LogP contribution < -0.4 is 4.74 Å². The molecular formula is C12H15NO3S. The number of nitriles is 1. The molecule has 0 aliphatic heterocycles. The van der Waals surface area contributed by atoms with Gasteiger partial charge in [-0.1, -0.05) is 13.3 Å². The van der Waals surface area contributed by atoms with E-state index in [4.69, 9.17) is 10.00 Å². The van der Waals surface area contributed by atoms with E-state index in [1.807, 2.05) is 13.0 Å². The highest BCUT2D eigenvalue weighted by molar-refractivity contribution is 7.90. The molecule has 0 fully saturated rings. The van der Waals surface area contributed by atoms with Crippen molar-refractivity contribution in [2.45, 2.75) is 24.7 Å². The van der Waals surface area contributed by atoms with Crippen LogP contribution in [0.2, 0.25) is 0 Å². The van der Waals surface area contributed by atoms with Crippen LogP contribution in [0.4, 0.5) is 0 Å². The van der Waals surface area contributed by atoms with Crippen LogP contribution in [-0.4, -0.2) is 21.3 Å². The predicted octanol–water partition coefficient (Wildman–Crippen LogP) is 2.14. The fraction of sp³-hybridized carbons (Fsp3) is 0.417. The molecule has 0 saturated heterocycles. The number of rotatable bonds is 5. The molecule has 5 heteroatoms. The van der Waals surface area contributed by atoms with Gasteiger partial charge in [0.25, 0.3) is 0 Å². The van der Waals surface area contributed by atoms with Crippen molar-refractivity contribution in [1.29, 1.82) is 5.26 Å². The van der Waals surface area contributed by atoms with E-state index in [1.54, 1.807) is 0 Å². The minimum atomic E-state index is -3.27. The van der Waals surface area contributed by atoms with Crippen molar-refractivity contribution >= 4 is 9.84 Å². The van der Waals surface area contributed by atoms with E-state index in [9.17, 15) is 8.42 Å². The Morgan fingerprint density at radius 1 is 1.41 bits per heavy atom. The van der Waals surface area contributed by atoms with Crippen molar-refractivity contribution in [2.75, 3.05) is 12.9 Å². The van der Waals surface area contributed by atoms with Gasteiger partial charge in [-0.2, -0.15) is 5.26 Å². The first-order chi connectivity index (χ1) is 7.99. The molecule has 0 aliphatic rings. The SMILES string of the molecule is CCCCOc1cc(S(C)(=O)=O)ccc1C#N. The van der Waals surface area contributed by atoms with Crippen LogP contribution in [0.25, 0.3) is 0 Å². The lowest BCUT2D eigenvalue weighted by Gasteiger charge is -2.08. The van der Waals surface area contributed by atoms with Crippen LogP contribution in [-0.2, 0) is 9.84 Å². The van der Waals surface area contributed by atoms with Gasteiger partial charge < -0.3 is 4.74 Å². The Labute approximate surface area is 102 Å². The second-order valence-electron chi connectivity index (χ2n) is 3.74. The van der Waals surface area contributed by atoms with Gasteiger partial charge >= 0.3 is 0 Å². The van der Waals surface area contributed by atoms with Gasteiger partial charge in [0.15, 0.2) is 9.84 Å². The summed E-state index contributed by atoms with van der Waals surface area (Å²) in [7, 11) is -3.27. The lowest BCUT2D eigenvalue weighted by Crippen LogP contribution is -2.02. The maximum Gasteiger partial charge on any atom is 0.175 e. The van der Waals surface area contributed by atoms with Gasteiger partial charge in [-0.25, -0.2) is 8.42 Å². The molecule has 92 valence electrons. The second kappa shape index (κ2) is 5.69. The van der Waals surface area contributed by atoms with Gasteiger partial charge in [0.2, 0.25) is 0 Å². The molecule has 0 atom stereocenters. The maximum atomic E-state index is 11.4. The smallest absolute Gasteiger partial charge is 0.175 e. The lowest BCUT2D eigenvalue weighted by atomic mass is 10.2. The summed E-state index contributed by atoms with van der Waals surface area (Å²) in [5, 5.41) is 8.89. The highest BCUT2D eigenvalue weighted by Crippen LogP contribution is 2.22. The number of sulfone groups is 1. The molecule has 0 heterocycles. The molecule has 0 aliphatic carbocycles. The molecule has 1 rings (SSSR count). The van der Waals surface area contributed by atoms with Crippen LogP contribution >= 0.6 is 0 Å². The fourth-order valence-corrected chi connectivity index (χ4v) is 1.91. The van der Waals surface area contributed by atoms with Gasteiger partial charge in [-0.15, -0.1) is 0 Å². The first-order valence-electron chi connectivity index (χ1n) is 5.36. The molecule has 0 radical (unpaired) electrons. The molecule has 0 saturated carbocycles. The van der Waals surface area contributed by atoms with Gasteiger partial charge in [-0.05, 0) is 18.6 Å². The molecule has 1 aromatic rings. The predicted molar refractivity (Wildman–Crippen MR) is 64.7 cm³/mol. The van der Waals surface area contributed by atoms with E-state index >= 15 is 0 Å². The molecule has 0 bridgehead atoms. The van der Waals surface area contributed by atoms with Gasteiger partial charge in [0.05, 0.1) is 17.1 Å². The quantitative estimate of drug-likeness (QED) is 0.754. The van der Waals surface area contributed by atoms with Gasteiger partial charge in [-0.3, -0.25) is 0 Å². The highest BCUT2D eigenvalue weighted by Gasteiger charge is 2.11. The van der Waals surface area contributed by atoms with Crippen LogP contribution in [0.3, 0.4) is 0 Å². The van der Waals surface area contributed by atoms with E-state index in [0.29, 0.717) is 17.9 Å². The summed E-state index contributed by atoms with van der Waals surface area (Å²) >= 11 is 0. The summed E-state index contributed by atoms with van der Waals surface area (Å²) < 4.78 is 28.2. The molecule has 17 heavy (non-hydrogen) atoms. The van der Waals surface area contributed by atoms with Gasteiger partial charge in [0, 0.05) is 12.3 Å². The highest BCUT2D eigenvalue weighted by atomic mass is 32.2. The fourth-order valence-electron chi connectivity index (χ4n) is 1.27. The molecule has 0 aromatic heterocycles. The Balaban J connectivity index is 3.04. The molecule has 0 spiro atoms. The second-order valence-corrected chi connectivity index (χ2v) is 5.76. The number of benzene rings is 1. The Hall–Kier alpha value is -1.54. The Bertz CT molecular complexity index is 529. The number of nitrogens with zero attached hydrogens (tertiary/aromatic N) is 1. The summed E-state index contributed by atoms with van der Waals surface area (Å²) in [6.07, 6.45) is 2.98. The van der Waals surface area contributed by atoms with Crippen molar-refractivity contribution in [3.05, 3.63) is 23.8 Å². The standard InChI is InChI=1S/C12H15NO3S/c1-3-4-7-16-12-8-11(17(2,14)15)6-5-10(12)9-13/h5-6,8H,3-4,7H2,1-2H3. The summed E-state index contributed by atoms with van der Waals surface area (Å²) in [6.45, 7) is 2.51. The molecule has 0 amide bonds. The first kappa shape index (κ1) is 13.5. The van der Waals surface area contributed by atoms with E-state index < -0.39 is 9.84 Å². The zero-order valence-corrected chi connectivity index (χ0v) is 10.8. The summed E-state index contributed by atoms with van der Waals surface area (Å²) in [4.78, 5) is 0.169. The topological polar surface area (TPSA) is 67.2 Å². The third-order valence-corrected chi connectivity index (χ3v) is 3.37. The van der Waals surface area contributed by atoms with E-state index in [2.05, 4.69) is 0 Å². The van der Waals surface area contributed by atoms with Gasteiger partial charge in [0.1, 0.15) is 11.8 Å². The third kappa shape index (κ3) is 3.75. The third-order valence-electron chi connectivity index (χ3n) is 2.26. The van der Waals surface area contributed by atoms with Crippen LogP contribution in [0.15, 0.2) is 23.1 Å². The van der Waals surface area contributed by atoms with Crippen molar-refractivity contribution < 1.29 is 13.2 Å². The van der Waals surface area contributed by atoms with Crippen molar-refractivity contribution in [3.63, 3.8) is 0 Å². The van der Waals surface area contributed by atoms with E-state index in [1.165, 1.54) is 18.2 Å². The van der Waals surface area contributed by atoms with Crippen LogP contribution in [0.5, 0.6) is 5.75 Å². The first-order valence-corrected chi connectivity index (χ1v) is 7.25. The monoisotopic (exact) mass is 253 g/mol. The number of hydrogen-bond acceptors (Lipinski definition) is 4. The Kier molecular flexibility index (Phi) is 4.53. The average molecular weight is 253 g/mol. The number of hydrogen-bond donors (Lipinski definition) is 0. The Morgan fingerprint density at radius 3 is 2.65 bits per heavy atom. The summed E-state index contributed by atoms with van der Waals surface area (Å²) in [6, 6.07) is 6.27. The van der Waals surface area contributed by atoms with Crippen LogP contribution in [0.1, 0.15) is 25.3 Å². The van der Waals surface area contributed by atoms with Crippen LogP contribution in [0, 0.1) is 11.3 Å². The van der Waals surface area contributed by atoms with E-state index in [-0.39, 0.29) is 4.90 Å². The Morgan fingerprint density at radius 2 is 2.12 bits per heavy atom. The van der Waals surface area contributed by atoms with Crippen molar-refractivity contribution in [3.8, 4) is 11.8 Å². The molecular weight excluding hydrogens is 238 g/mol. The lowest BCUT2D eigenvalue weighted by molar-refractivity contribution is 0.308. The minimum absolute atomic E-state index is 0.169. The molecule has 0 N–H and O–H groups in total. The number of ether oxygens (including phenoxy) is 1. The maximum absolute atomic E-state index is 11.4. The molecule has 0 unspecified atom stereocenters. The zero-order chi connectivity index (χ0) is 12.9. The summed E-state index contributed by atoms with van der Waals surface area (Å²) in [5.41, 5.74) is 0.355. The minimum Gasteiger partial charge on any atom is -0.492 e. The van der Waals surface area contributed by atoms with E-state index in [0.717, 1.165) is 19.1 Å². The molecule has 1 aromatic carbocycles. The zero-order valence-electron chi connectivity index (χ0n) is 9.93. The molecule has 4 nitrogen and oxygen atoms in total. The summed E-state index contributed by atoms with van der Waals surface area (Å²) in [5.74, 6) is 0.337. The average Bonchev–Trinajstić information content (AvgIpc) is 2.28. The van der Waals surface area contributed by atoms with Crippen molar-refractivity contribution in [2.24, 2.45) is 0 Å². The normalized spacial score (nSPS) is 10.9. The largest absolute Gasteiger partial charge is 0.492 e.